The predicted molar refractivity (Wildman–Crippen MR) is 85.3 cm³/mol. The highest BCUT2D eigenvalue weighted by Gasteiger charge is 2.49. The van der Waals surface area contributed by atoms with E-state index in [0.29, 0.717) is 6.04 Å². The topological polar surface area (TPSA) is 28.2 Å². The standard InChI is InChI=1S/C16H27N3S/c1-5-14-12(4)20-15(17-14)16(18-11(2)3)10-19-8-6-13(16)7-9-19/h11,13,18H,5-10H2,1-4H3. The third-order valence-corrected chi connectivity index (χ3v) is 6.10. The molecule has 4 rings (SSSR count). The van der Waals surface area contributed by atoms with Crippen molar-refractivity contribution in [3.8, 4) is 0 Å². The van der Waals surface area contributed by atoms with E-state index in [2.05, 4.69) is 37.9 Å². The van der Waals surface area contributed by atoms with Gasteiger partial charge in [-0.3, -0.25) is 0 Å². The molecule has 0 radical (unpaired) electrons. The first-order valence-corrected chi connectivity index (χ1v) is 8.83. The van der Waals surface area contributed by atoms with E-state index in [0.717, 1.165) is 18.9 Å². The van der Waals surface area contributed by atoms with E-state index >= 15 is 0 Å². The lowest BCUT2D eigenvalue weighted by atomic mass is 9.72. The van der Waals surface area contributed by atoms with Gasteiger partial charge in [0.05, 0.1) is 11.2 Å². The van der Waals surface area contributed by atoms with Crippen LogP contribution in [-0.2, 0) is 12.0 Å². The van der Waals surface area contributed by atoms with Crippen LogP contribution in [0, 0.1) is 12.8 Å². The van der Waals surface area contributed by atoms with Crippen molar-refractivity contribution in [3.05, 3.63) is 15.6 Å². The molecule has 1 unspecified atom stereocenters. The van der Waals surface area contributed by atoms with Gasteiger partial charge in [-0.1, -0.05) is 6.92 Å². The molecule has 1 aromatic rings. The van der Waals surface area contributed by atoms with Crippen LogP contribution in [0.25, 0.3) is 0 Å². The minimum Gasteiger partial charge on any atom is -0.302 e. The molecule has 1 N–H and O–H groups in total. The Balaban J connectivity index is 2.01. The molecule has 20 heavy (non-hydrogen) atoms. The SMILES string of the molecule is CCc1nc(C2(NC(C)C)CN3CCC2CC3)sc1C. The van der Waals surface area contributed by atoms with Gasteiger partial charge in [-0.05, 0) is 59.0 Å². The Morgan fingerprint density at radius 2 is 2.10 bits per heavy atom. The summed E-state index contributed by atoms with van der Waals surface area (Å²) < 4.78 is 0. The Morgan fingerprint density at radius 3 is 2.55 bits per heavy atom. The van der Waals surface area contributed by atoms with Crippen molar-refractivity contribution < 1.29 is 0 Å². The van der Waals surface area contributed by atoms with Crippen LogP contribution in [0.5, 0.6) is 0 Å². The van der Waals surface area contributed by atoms with Crippen LogP contribution in [0.4, 0.5) is 0 Å². The fraction of sp³-hybridized carbons (Fsp3) is 0.812. The number of hydrogen-bond donors (Lipinski definition) is 1. The number of nitrogens with zero attached hydrogens (tertiary/aromatic N) is 2. The first kappa shape index (κ1) is 14.5. The molecule has 3 nitrogen and oxygen atoms in total. The zero-order valence-corrected chi connectivity index (χ0v) is 14.0. The van der Waals surface area contributed by atoms with E-state index in [1.165, 1.54) is 41.5 Å². The number of nitrogens with one attached hydrogen (secondary N) is 1. The zero-order valence-electron chi connectivity index (χ0n) is 13.2. The van der Waals surface area contributed by atoms with Gasteiger partial charge >= 0.3 is 0 Å². The predicted octanol–water partition coefficient (Wildman–Crippen LogP) is 2.93. The summed E-state index contributed by atoms with van der Waals surface area (Å²) in [5, 5.41) is 5.26. The van der Waals surface area contributed by atoms with E-state index in [4.69, 9.17) is 4.98 Å². The third kappa shape index (κ3) is 2.32. The summed E-state index contributed by atoms with van der Waals surface area (Å²) in [6.07, 6.45) is 3.69. The average Bonchev–Trinajstić information content (AvgIpc) is 2.81. The summed E-state index contributed by atoms with van der Waals surface area (Å²) >= 11 is 1.93. The van der Waals surface area contributed by atoms with Crippen molar-refractivity contribution in [1.82, 2.24) is 15.2 Å². The highest BCUT2D eigenvalue weighted by Crippen LogP contribution is 2.44. The minimum atomic E-state index is 0.105. The molecule has 3 aliphatic rings. The molecule has 3 aliphatic heterocycles. The molecule has 0 spiro atoms. The smallest absolute Gasteiger partial charge is 0.115 e. The fourth-order valence-electron chi connectivity index (χ4n) is 4.00. The summed E-state index contributed by atoms with van der Waals surface area (Å²) in [6, 6.07) is 0.504. The van der Waals surface area contributed by atoms with Gasteiger partial charge in [0.25, 0.3) is 0 Å². The van der Waals surface area contributed by atoms with Crippen LogP contribution in [0.3, 0.4) is 0 Å². The maximum absolute atomic E-state index is 5.03. The summed E-state index contributed by atoms with van der Waals surface area (Å²) in [6.45, 7) is 12.7. The number of aromatic nitrogens is 1. The molecule has 3 fully saturated rings. The summed E-state index contributed by atoms with van der Waals surface area (Å²) in [7, 11) is 0. The van der Waals surface area contributed by atoms with Crippen molar-refractivity contribution in [1.29, 1.82) is 0 Å². The number of piperidine rings is 3. The van der Waals surface area contributed by atoms with E-state index in [-0.39, 0.29) is 5.54 Å². The van der Waals surface area contributed by atoms with Crippen molar-refractivity contribution in [2.24, 2.45) is 5.92 Å². The van der Waals surface area contributed by atoms with Gasteiger partial charge in [0.2, 0.25) is 0 Å². The maximum Gasteiger partial charge on any atom is 0.115 e. The molecule has 4 heterocycles. The van der Waals surface area contributed by atoms with Gasteiger partial charge in [0.15, 0.2) is 0 Å². The van der Waals surface area contributed by atoms with Gasteiger partial charge in [-0.25, -0.2) is 4.98 Å². The Labute approximate surface area is 126 Å². The second-order valence-electron chi connectivity index (χ2n) is 6.70. The van der Waals surface area contributed by atoms with Crippen molar-refractivity contribution in [2.75, 3.05) is 19.6 Å². The summed E-state index contributed by atoms with van der Waals surface area (Å²) in [4.78, 5) is 9.05. The van der Waals surface area contributed by atoms with Crippen molar-refractivity contribution >= 4 is 11.3 Å². The van der Waals surface area contributed by atoms with Crippen LogP contribution in [0.1, 0.15) is 49.2 Å². The minimum absolute atomic E-state index is 0.105. The number of aryl methyl sites for hydroxylation is 2. The maximum atomic E-state index is 5.03. The number of rotatable bonds is 4. The van der Waals surface area contributed by atoms with Gasteiger partial charge in [-0.2, -0.15) is 0 Å². The Morgan fingerprint density at radius 1 is 1.40 bits per heavy atom. The van der Waals surface area contributed by atoms with Gasteiger partial charge in [-0.15, -0.1) is 11.3 Å². The Bertz CT molecular complexity index is 470. The Kier molecular flexibility index (Phi) is 3.91. The molecule has 4 heteroatoms. The molecule has 1 aromatic heterocycles. The molecule has 0 aliphatic carbocycles. The molecular formula is C16H27N3S. The van der Waals surface area contributed by atoms with Gasteiger partial charge < -0.3 is 10.2 Å². The average molecular weight is 293 g/mol. The molecule has 0 aromatic carbocycles. The van der Waals surface area contributed by atoms with Crippen LogP contribution in [0.2, 0.25) is 0 Å². The molecule has 1 atom stereocenters. The van der Waals surface area contributed by atoms with Crippen LogP contribution < -0.4 is 5.32 Å². The normalized spacial score (nSPS) is 33.0. The monoisotopic (exact) mass is 293 g/mol. The van der Waals surface area contributed by atoms with E-state index in [9.17, 15) is 0 Å². The highest BCUT2D eigenvalue weighted by molar-refractivity contribution is 7.11. The lowest BCUT2D eigenvalue weighted by Gasteiger charge is -2.53. The second kappa shape index (κ2) is 5.39. The molecule has 112 valence electrons. The van der Waals surface area contributed by atoms with Gasteiger partial charge in [0.1, 0.15) is 5.01 Å². The van der Waals surface area contributed by atoms with E-state index < -0.39 is 0 Å². The molecule has 0 saturated carbocycles. The number of thiazole rings is 1. The van der Waals surface area contributed by atoms with Crippen molar-refractivity contribution in [2.45, 2.75) is 58.5 Å². The number of hydrogen-bond acceptors (Lipinski definition) is 4. The highest BCUT2D eigenvalue weighted by atomic mass is 32.1. The Hall–Kier alpha value is -0.450. The van der Waals surface area contributed by atoms with Crippen LogP contribution in [0.15, 0.2) is 0 Å². The van der Waals surface area contributed by atoms with E-state index in [1.54, 1.807) is 0 Å². The van der Waals surface area contributed by atoms with Crippen LogP contribution >= 0.6 is 11.3 Å². The molecule has 0 amide bonds. The largest absolute Gasteiger partial charge is 0.302 e. The first-order valence-electron chi connectivity index (χ1n) is 8.02. The zero-order chi connectivity index (χ0) is 14.3. The molecule has 3 saturated heterocycles. The van der Waals surface area contributed by atoms with Crippen LogP contribution in [-0.4, -0.2) is 35.6 Å². The first-order chi connectivity index (χ1) is 9.55. The third-order valence-electron chi connectivity index (χ3n) is 4.91. The van der Waals surface area contributed by atoms with E-state index in [1.807, 2.05) is 11.3 Å². The lowest BCUT2D eigenvalue weighted by Crippen LogP contribution is -2.64. The lowest BCUT2D eigenvalue weighted by molar-refractivity contribution is -0.00172. The summed E-state index contributed by atoms with van der Waals surface area (Å²) in [5.41, 5.74) is 1.40. The quantitative estimate of drug-likeness (QED) is 0.925. The fourth-order valence-corrected chi connectivity index (χ4v) is 5.22. The summed E-state index contributed by atoms with van der Waals surface area (Å²) in [5.74, 6) is 0.755. The molecule has 2 bridgehead atoms. The van der Waals surface area contributed by atoms with Crippen molar-refractivity contribution in [3.63, 3.8) is 0 Å². The van der Waals surface area contributed by atoms with Gasteiger partial charge in [0, 0.05) is 17.5 Å². The number of fused-ring (bicyclic) bond motifs is 3. The molecular weight excluding hydrogens is 266 g/mol. The second-order valence-corrected chi connectivity index (χ2v) is 7.90.